The zero-order valence-electron chi connectivity index (χ0n) is 20.1. The highest BCUT2D eigenvalue weighted by Gasteiger charge is 2.59. The van der Waals surface area contributed by atoms with Crippen molar-refractivity contribution in [2.45, 2.75) is 57.2 Å². The zero-order chi connectivity index (χ0) is 23.5. The number of anilines is 1. The summed E-state index contributed by atoms with van der Waals surface area (Å²) in [6.45, 7) is 8.08. The van der Waals surface area contributed by atoms with Gasteiger partial charge in [-0.05, 0) is 87.2 Å². The van der Waals surface area contributed by atoms with E-state index in [9.17, 15) is 9.18 Å². The van der Waals surface area contributed by atoms with E-state index < -0.39 is 11.7 Å². The second kappa shape index (κ2) is 8.25. The summed E-state index contributed by atoms with van der Waals surface area (Å²) in [5, 5.41) is 5.23. The van der Waals surface area contributed by atoms with Crippen LogP contribution in [0.15, 0.2) is 24.4 Å². The molecule has 4 aliphatic rings. The van der Waals surface area contributed by atoms with Gasteiger partial charge in [0.25, 0.3) is 0 Å². The first kappa shape index (κ1) is 22.4. The summed E-state index contributed by atoms with van der Waals surface area (Å²) in [6, 6.07) is 6.46. The number of carbonyl (C=O) groups excluding carboxylic acids is 1. The van der Waals surface area contributed by atoms with Crippen molar-refractivity contribution < 1.29 is 18.7 Å². The number of nitrogens with one attached hydrogen (secondary N) is 1. The minimum absolute atomic E-state index is 0.0438. The summed E-state index contributed by atoms with van der Waals surface area (Å²) in [4.78, 5) is 19.6. The molecule has 3 aliphatic heterocycles. The number of benzene rings is 1. The summed E-state index contributed by atoms with van der Waals surface area (Å²) < 4.78 is 25.4. The van der Waals surface area contributed by atoms with E-state index in [1.54, 1.807) is 0 Å². The van der Waals surface area contributed by atoms with E-state index in [1.807, 2.05) is 19.2 Å². The first-order valence-corrected chi connectivity index (χ1v) is 12.6. The van der Waals surface area contributed by atoms with Crippen LogP contribution < -0.4 is 5.32 Å². The minimum atomic E-state index is -0.917. The maximum Gasteiger partial charge on any atom is 0.229 e. The molecule has 4 heterocycles. The molecule has 34 heavy (non-hydrogen) atoms. The lowest BCUT2D eigenvalue weighted by Gasteiger charge is -2.43. The van der Waals surface area contributed by atoms with Crippen molar-refractivity contribution in [3.8, 4) is 0 Å². The van der Waals surface area contributed by atoms with Crippen LogP contribution in [0.2, 0.25) is 0 Å². The standard InChI is InChI=1S/C27H34FN3O3/c1-17-9-20-13-29-24(30-25(32)22-12-27(22)5-8-33-16-27)11-19(20)10-21(17)18-3-6-31(7-4-18)26(2)15-34-14-23(26)28/h9-11,13,18,22-23H,3-8,12,14-16H2,1-2H3,(H,29,30,32)/t22-,23-,26+,27+/m0/s1. The maximum atomic E-state index is 14.5. The highest BCUT2D eigenvalue weighted by atomic mass is 19.1. The normalized spacial score (nSPS) is 34.2. The molecule has 4 fully saturated rings. The average Bonchev–Trinajstić information content (AvgIpc) is 3.14. The van der Waals surface area contributed by atoms with Crippen LogP contribution in [-0.2, 0) is 14.3 Å². The van der Waals surface area contributed by atoms with E-state index in [0.717, 1.165) is 56.2 Å². The third-order valence-electron chi connectivity index (χ3n) is 8.99. The number of pyridine rings is 1. The van der Waals surface area contributed by atoms with Gasteiger partial charge in [0, 0.05) is 29.5 Å². The monoisotopic (exact) mass is 467 g/mol. The van der Waals surface area contributed by atoms with Crippen LogP contribution in [0.5, 0.6) is 0 Å². The van der Waals surface area contributed by atoms with Gasteiger partial charge >= 0.3 is 0 Å². The Morgan fingerprint density at radius 3 is 2.71 bits per heavy atom. The Labute approximate surface area is 200 Å². The largest absolute Gasteiger partial charge is 0.381 e. The summed E-state index contributed by atoms with van der Waals surface area (Å²) in [5.41, 5.74) is 2.20. The second-order valence-electron chi connectivity index (χ2n) is 11.1. The molecule has 6 nitrogen and oxygen atoms in total. The van der Waals surface area contributed by atoms with Crippen LogP contribution in [0.3, 0.4) is 0 Å². The first-order valence-electron chi connectivity index (χ1n) is 12.6. The van der Waals surface area contributed by atoms with Gasteiger partial charge in [0.05, 0.1) is 25.4 Å². The van der Waals surface area contributed by atoms with E-state index in [-0.39, 0.29) is 23.8 Å². The molecule has 1 aromatic heterocycles. The summed E-state index contributed by atoms with van der Waals surface area (Å²) in [5.74, 6) is 1.17. The molecule has 6 rings (SSSR count). The van der Waals surface area contributed by atoms with Crippen LogP contribution >= 0.6 is 0 Å². The number of hydrogen-bond acceptors (Lipinski definition) is 5. The fourth-order valence-electron chi connectivity index (χ4n) is 6.45. The minimum Gasteiger partial charge on any atom is -0.381 e. The second-order valence-corrected chi connectivity index (χ2v) is 11.1. The molecule has 3 saturated heterocycles. The average molecular weight is 468 g/mol. The molecule has 2 aromatic rings. The van der Waals surface area contributed by atoms with E-state index in [4.69, 9.17) is 9.47 Å². The maximum absolute atomic E-state index is 14.5. The Balaban J connectivity index is 1.16. The number of alkyl halides is 1. The van der Waals surface area contributed by atoms with E-state index in [2.05, 4.69) is 34.3 Å². The molecule has 182 valence electrons. The highest BCUT2D eigenvalue weighted by Crippen LogP contribution is 2.58. The lowest BCUT2D eigenvalue weighted by atomic mass is 9.83. The molecular formula is C27H34FN3O3. The van der Waals surface area contributed by atoms with E-state index >= 15 is 0 Å². The Bertz CT molecular complexity index is 1110. The van der Waals surface area contributed by atoms with Crippen molar-refractivity contribution in [1.82, 2.24) is 9.88 Å². The fourth-order valence-corrected chi connectivity index (χ4v) is 6.45. The first-order chi connectivity index (χ1) is 16.4. The number of nitrogens with zero attached hydrogens (tertiary/aromatic N) is 2. The molecule has 0 unspecified atom stereocenters. The number of likely N-dealkylation sites (tertiary alicyclic amines) is 1. The SMILES string of the molecule is Cc1cc2cnc(NC(=O)[C@@H]3C[C@@]34CCOC4)cc2cc1C1CCN([C@]2(C)COC[C@@H]2F)CC1. The van der Waals surface area contributed by atoms with Crippen LogP contribution in [-0.4, -0.2) is 67.0 Å². The van der Waals surface area contributed by atoms with Crippen molar-refractivity contribution in [1.29, 1.82) is 0 Å². The van der Waals surface area contributed by atoms with Crippen molar-refractivity contribution in [3.05, 3.63) is 35.5 Å². The highest BCUT2D eigenvalue weighted by molar-refractivity contribution is 5.96. The Hall–Kier alpha value is -2.09. The number of halogens is 1. The van der Waals surface area contributed by atoms with Gasteiger partial charge < -0.3 is 14.8 Å². The summed E-state index contributed by atoms with van der Waals surface area (Å²) in [6.07, 6.45) is 4.86. The third-order valence-corrected chi connectivity index (χ3v) is 8.99. The van der Waals surface area contributed by atoms with Gasteiger partial charge in [0.15, 0.2) is 0 Å². The Morgan fingerprint density at radius 2 is 2.00 bits per heavy atom. The lowest BCUT2D eigenvalue weighted by Crippen LogP contribution is -2.55. The topological polar surface area (TPSA) is 63.7 Å². The molecule has 0 radical (unpaired) electrons. The van der Waals surface area contributed by atoms with Crippen LogP contribution in [0.1, 0.15) is 49.7 Å². The molecule has 1 aromatic carbocycles. The van der Waals surface area contributed by atoms with Gasteiger partial charge in [0.2, 0.25) is 5.91 Å². The van der Waals surface area contributed by atoms with Crippen molar-refractivity contribution >= 4 is 22.5 Å². The molecule has 1 aliphatic carbocycles. The molecule has 1 spiro atoms. The molecule has 1 saturated carbocycles. The zero-order valence-corrected chi connectivity index (χ0v) is 20.1. The number of fused-ring (bicyclic) bond motifs is 1. The van der Waals surface area contributed by atoms with Gasteiger partial charge in [-0.3, -0.25) is 9.69 Å². The number of aromatic nitrogens is 1. The quantitative estimate of drug-likeness (QED) is 0.730. The molecule has 7 heteroatoms. The summed E-state index contributed by atoms with van der Waals surface area (Å²) >= 11 is 0. The predicted molar refractivity (Wildman–Crippen MR) is 129 cm³/mol. The van der Waals surface area contributed by atoms with Gasteiger partial charge in [-0.15, -0.1) is 0 Å². The lowest BCUT2D eigenvalue weighted by molar-refractivity contribution is -0.118. The molecular weight excluding hydrogens is 433 g/mol. The predicted octanol–water partition coefficient (Wildman–Crippen LogP) is 4.21. The van der Waals surface area contributed by atoms with Gasteiger partial charge in [-0.2, -0.15) is 0 Å². The fraction of sp³-hybridized carbons (Fsp3) is 0.630. The third kappa shape index (κ3) is 3.73. The van der Waals surface area contributed by atoms with Crippen molar-refractivity contribution in [2.24, 2.45) is 11.3 Å². The number of rotatable bonds is 4. The van der Waals surface area contributed by atoms with Gasteiger partial charge in [-0.1, -0.05) is 6.07 Å². The molecule has 1 N–H and O–H groups in total. The molecule has 1 amide bonds. The number of piperidine rings is 1. The Kier molecular flexibility index (Phi) is 5.43. The number of hydrogen-bond donors (Lipinski definition) is 1. The van der Waals surface area contributed by atoms with Crippen molar-refractivity contribution in [3.63, 3.8) is 0 Å². The van der Waals surface area contributed by atoms with Crippen LogP contribution in [0.4, 0.5) is 10.2 Å². The van der Waals surface area contributed by atoms with Crippen LogP contribution in [0.25, 0.3) is 10.8 Å². The van der Waals surface area contributed by atoms with E-state index in [0.29, 0.717) is 24.9 Å². The number of aryl methyl sites for hydroxylation is 1. The number of ether oxygens (including phenoxy) is 2. The number of carbonyl (C=O) groups is 1. The molecule has 4 atom stereocenters. The van der Waals surface area contributed by atoms with Gasteiger partial charge in [0.1, 0.15) is 12.0 Å². The van der Waals surface area contributed by atoms with E-state index in [1.165, 1.54) is 11.1 Å². The molecule has 0 bridgehead atoms. The van der Waals surface area contributed by atoms with Crippen molar-refractivity contribution in [2.75, 3.05) is 44.8 Å². The van der Waals surface area contributed by atoms with Gasteiger partial charge in [-0.25, -0.2) is 9.37 Å². The number of amides is 1. The Morgan fingerprint density at radius 1 is 1.18 bits per heavy atom. The van der Waals surface area contributed by atoms with Crippen LogP contribution in [0, 0.1) is 18.3 Å². The smallest absolute Gasteiger partial charge is 0.229 e. The summed E-state index contributed by atoms with van der Waals surface area (Å²) in [7, 11) is 0.